The van der Waals surface area contributed by atoms with Crippen LogP contribution in [0.3, 0.4) is 0 Å². The summed E-state index contributed by atoms with van der Waals surface area (Å²) in [7, 11) is 10.5. The lowest BCUT2D eigenvalue weighted by atomic mass is 9.89. The van der Waals surface area contributed by atoms with E-state index >= 15 is 0 Å². The Morgan fingerprint density at radius 3 is 1.05 bits per heavy atom. The summed E-state index contributed by atoms with van der Waals surface area (Å²) in [5.74, 6) is 0.699. The molecule has 0 aliphatic rings. The van der Waals surface area contributed by atoms with Gasteiger partial charge in [0.2, 0.25) is 28.5 Å². The minimum absolute atomic E-state index is 0. The van der Waals surface area contributed by atoms with Crippen molar-refractivity contribution in [3.63, 3.8) is 0 Å². The molecule has 0 bridgehead atoms. The van der Waals surface area contributed by atoms with Crippen molar-refractivity contribution in [3.05, 3.63) is 306 Å². The maximum absolute atomic E-state index is 13.2. The predicted octanol–water partition coefficient (Wildman–Crippen LogP) is 29.4. The van der Waals surface area contributed by atoms with Crippen molar-refractivity contribution >= 4 is 108 Å². The zero-order valence-electron chi connectivity index (χ0n) is 74.6. The Morgan fingerprint density at radius 2 is 0.659 bits per heavy atom. The fraction of sp³-hybridized carbons (Fsp3) is 0.291. The summed E-state index contributed by atoms with van der Waals surface area (Å²) in [6.07, 6.45) is 10.6. The Balaban J connectivity index is 0.000000178. The SMILES string of the molecule is C.C.C.C.C.Cc1cc(C)c(C)c(-c2c3sc(C)nc3cc[n+]2C)c1.Cc1cc(C)c(C)c(-c2c3scnc3cc[n+]2C)c1.Cc1cc(C)c(C)c(-c2cc3sc(-c4c(C(C)C)cccc4C(C)C)nc3c[n+]2C)c1.Cc1cc(C)c(C)c(-c2cc3sc(-c4ccc(F)cc4)nc3c[n+]2C)c1.Cc1cc(C)c(C)c(-c2cc3sc(-c4ccccc4)nc3c[n+]2C)c1. The van der Waals surface area contributed by atoms with Gasteiger partial charge in [-0.2, -0.15) is 22.8 Å². The van der Waals surface area contributed by atoms with Gasteiger partial charge in [0.15, 0.2) is 31.0 Å². The van der Waals surface area contributed by atoms with Crippen molar-refractivity contribution in [1.82, 2.24) is 24.9 Å². The van der Waals surface area contributed by atoms with E-state index in [2.05, 4.69) is 371 Å². The summed E-state index contributed by atoms with van der Waals surface area (Å²) in [5, 5.41) is 4.24. The molecule has 652 valence electrons. The van der Waals surface area contributed by atoms with Gasteiger partial charge in [0, 0.05) is 63.7 Å². The first-order chi connectivity index (χ1) is 57.7. The van der Waals surface area contributed by atoms with Gasteiger partial charge in [0.25, 0.3) is 0 Å². The van der Waals surface area contributed by atoms with Crippen LogP contribution >= 0.6 is 56.7 Å². The molecule has 0 fully saturated rings. The van der Waals surface area contributed by atoms with Gasteiger partial charge in [-0.15, -0.1) is 56.7 Å². The summed E-state index contributed by atoms with van der Waals surface area (Å²) < 4.78 is 30.3. The Hall–Kier alpha value is -11.1. The van der Waals surface area contributed by atoms with Crippen LogP contribution in [0.25, 0.3) is 139 Å². The number of fused-ring (bicyclic) bond motifs is 5. The molecule has 18 rings (SSSR count). The van der Waals surface area contributed by atoms with Gasteiger partial charge in [-0.3, -0.25) is 0 Å². The molecular formula is C110H130FN10S5+5. The number of aryl methyl sites for hydroxylation is 16. The molecular weight excluding hydrogens is 1640 g/mol. The van der Waals surface area contributed by atoms with Gasteiger partial charge in [0.1, 0.15) is 82.0 Å². The largest absolute Gasteiger partial charge is 0.244 e. The summed E-state index contributed by atoms with van der Waals surface area (Å²) in [5.41, 5.74) is 45.9. The highest BCUT2D eigenvalue weighted by molar-refractivity contribution is 7.22. The third kappa shape index (κ3) is 20.8. The monoisotopic (exact) mass is 1770 g/mol. The normalized spacial score (nSPS) is 10.9. The van der Waals surface area contributed by atoms with E-state index in [0.29, 0.717) is 11.8 Å². The lowest BCUT2D eigenvalue weighted by Gasteiger charge is -2.17. The molecule has 0 aliphatic carbocycles. The number of rotatable bonds is 10. The smallest absolute Gasteiger partial charge is 0.232 e. The lowest BCUT2D eigenvalue weighted by Crippen LogP contribution is -2.30. The topological polar surface area (TPSA) is 83.8 Å². The third-order valence-electron chi connectivity index (χ3n) is 23.4. The van der Waals surface area contributed by atoms with E-state index in [-0.39, 0.29) is 43.0 Å². The second-order valence-electron chi connectivity index (χ2n) is 33.4. The summed E-state index contributed by atoms with van der Waals surface area (Å²) in [4.78, 5) is 23.7. The Bertz CT molecular complexity index is 6970. The summed E-state index contributed by atoms with van der Waals surface area (Å²) in [6, 6.07) is 57.2. The fourth-order valence-corrected chi connectivity index (χ4v) is 21.3. The van der Waals surface area contributed by atoms with Gasteiger partial charge in [-0.05, 0) is 244 Å². The minimum Gasteiger partial charge on any atom is -0.244 e. The summed E-state index contributed by atoms with van der Waals surface area (Å²) >= 11 is 8.71. The lowest BCUT2D eigenvalue weighted by molar-refractivity contribution is -0.659. The van der Waals surface area contributed by atoms with Gasteiger partial charge < -0.3 is 0 Å². The van der Waals surface area contributed by atoms with Crippen LogP contribution in [-0.2, 0) is 35.2 Å². The van der Waals surface area contributed by atoms with Crippen LogP contribution in [0.4, 0.5) is 4.39 Å². The number of hydrogen-bond donors (Lipinski definition) is 0. The quantitative estimate of drug-likeness (QED) is 0.127. The van der Waals surface area contributed by atoms with E-state index < -0.39 is 0 Å². The van der Waals surface area contributed by atoms with Crippen LogP contribution in [0.1, 0.15) is 176 Å². The average Bonchev–Trinajstić information content (AvgIpc) is 1.71. The highest BCUT2D eigenvalue weighted by Crippen LogP contribution is 2.43. The zero-order valence-corrected chi connectivity index (χ0v) is 78.7. The van der Waals surface area contributed by atoms with Crippen LogP contribution in [0.15, 0.2) is 200 Å². The van der Waals surface area contributed by atoms with Crippen molar-refractivity contribution in [2.24, 2.45) is 35.2 Å². The average molecular weight is 1770 g/mol. The van der Waals surface area contributed by atoms with Crippen molar-refractivity contribution in [1.29, 1.82) is 0 Å². The van der Waals surface area contributed by atoms with Crippen LogP contribution in [0, 0.1) is 117 Å². The number of benzene rings is 8. The second-order valence-corrected chi connectivity index (χ2v) is 38.6. The predicted molar refractivity (Wildman–Crippen MR) is 545 cm³/mol. The molecule has 16 heteroatoms. The maximum Gasteiger partial charge on any atom is 0.232 e. The molecule has 18 aromatic rings. The molecule has 0 radical (unpaired) electrons. The Labute approximate surface area is 770 Å². The van der Waals surface area contributed by atoms with Gasteiger partial charge in [-0.25, -0.2) is 29.3 Å². The molecule has 0 N–H and O–H groups in total. The maximum atomic E-state index is 13.2. The molecule has 126 heavy (non-hydrogen) atoms. The third-order valence-corrected chi connectivity index (χ3v) is 28.4. The first kappa shape index (κ1) is 98.7. The van der Waals surface area contributed by atoms with Crippen molar-refractivity contribution < 1.29 is 27.2 Å². The minimum atomic E-state index is -0.228. The number of halogens is 1. The first-order valence-electron chi connectivity index (χ1n) is 41.4. The molecule has 0 spiro atoms. The molecule has 0 amide bonds. The van der Waals surface area contributed by atoms with E-state index in [1.165, 1.54) is 193 Å². The van der Waals surface area contributed by atoms with E-state index in [0.717, 1.165) is 57.9 Å². The van der Waals surface area contributed by atoms with Crippen LogP contribution in [0.2, 0.25) is 0 Å². The highest BCUT2D eigenvalue weighted by Gasteiger charge is 2.27. The van der Waals surface area contributed by atoms with Gasteiger partial charge in [0.05, 0.1) is 46.8 Å². The van der Waals surface area contributed by atoms with E-state index in [4.69, 9.17) is 15.0 Å². The van der Waals surface area contributed by atoms with Gasteiger partial charge >= 0.3 is 0 Å². The molecule has 10 aromatic heterocycles. The Kier molecular flexibility index (Phi) is 32.2. The Morgan fingerprint density at radius 1 is 0.317 bits per heavy atom. The molecule has 8 aromatic carbocycles. The number of hydrogen-bond acceptors (Lipinski definition) is 10. The number of nitrogens with zero attached hydrogens (tertiary/aromatic N) is 10. The van der Waals surface area contributed by atoms with Crippen molar-refractivity contribution in [3.8, 4) is 88.0 Å². The summed E-state index contributed by atoms with van der Waals surface area (Å²) in [6.45, 7) is 43.9. The number of pyridine rings is 5. The van der Waals surface area contributed by atoms with Crippen molar-refractivity contribution in [2.75, 3.05) is 0 Å². The van der Waals surface area contributed by atoms with E-state index in [1.54, 1.807) is 57.5 Å². The molecule has 10 nitrogen and oxygen atoms in total. The highest BCUT2D eigenvalue weighted by atomic mass is 32.1. The van der Waals surface area contributed by atoms with Gasteiger partial charge in [-0.1, -0.05) is 172 Å². The van der Waals surface area contributed by atoms with E-state index in [9.17, 15) is 4.39 Å². The molecule has 10 heterocycles. The zero-order chi connectivity index (χ0) is 86.4. The van der Waals surface area contributed by atoms with Crippen molar-refractivity contribution in [2.45, 2.75) is 187 Å². The van der Waals surface area contributed by atoms with E-state index in [1.807, 2.05) is 22.9 Å². The first-order valence-corrected chi connectivity index (χ1v) is 45.6. The number of thiazole rings is 5. The van der Waals surface area contributed by atoms with Crippen LogP contribution in [0.5, 0.6) is 0 Å². The molecule has 0 atom stereocenters. The second kappa shape index (κ2) is 41.1. The molecule has 0 saturated carbocycles. The van der Waals surface area contributed by atoms with Crippen LogP contribution < -0.4 is 22.8 Å². The molecule has 0 aliphatic heterocycles. The van der Waals surface area contributed by atoms with Crippen LogP contribution in [-0.4, -0.2) is 24.9 Å². The number of aromatic nitrogens is 10. The fourth-order valence-electron chi connectivity index (χ4n) is 16.4. The standard InChI is InChI=1S/C28H33N2S.C22H20FN2S.C22H21N2S.C17H19N2S.C16H17N2S.5CH4/c1-16(2)21-10-9-11-22(17(3)4)27(21)28-29-24-15-30(8)25(14-26(24)31-28)23-13-18(5)12-19(6)20(23)7;1-13-9-14(2)15(3)18(10-13)20-11-21-19(12-25(20)4)24-22(26-21)16-5-7-17(23)8-6-16;1-14-10-15(2)16(3)18(11-14)20-12-21-19(13-24(20)4)23-22(25-21)17-8-6-5-7-9-17;1-10-8-11(2)12(3)14(9-10)16-17-15(6-7-19(16)5)18-13(4)20-17;1-10-7-11(2)12(3)13(8-10)15-16-14(17-9-19-16)5-6-18(15)4;;;;;/h9-17H,1-8H3;5-12H,1-4H3;5-13H,1-4H3;6-9H,1-5H3;5-9H,1-4H3;5*1H4/q5*+1;;;;;. The molecule has 0 saturated heterocycles. The molecule has 0 unspecified atom stereocenters.